The molecule has 0 saturated heterocycles. The summed E-state index contributed by atoms with van der Waals surface area (Å²) in [5, 5.41) is 11.3. The smallest absolute Gasteiger partial charge is 0.338 e. The van der Waals surface area contributed by atoms with Gasteiger partial charge in [0.05, 0.1) is 0 Å². The maximum Gasteiger partial charge on any atom is 0.338 e. The Morgan fingerprint density at radius 2 is 1.16 bits per heavy atom. The summed E-state index contributed by atoms with van der Waals surface area (Å²) in [7, 11) is 1.67. The van der Waals surface area contributed by atoms with Gasteiger partial charge in [-0.3, -0.25) is 9.59 Å². The number of rotatable bonds is 18. The number of unbranched alkanes of at least 4 members (excludes halogenated alkanes) is 1. The molecular weight excluding hydrogens is 538 g/mol. The molecule has 43 heavy (non-hydrogen) atoms. The van der Waals surface area contributed by atoms with E-state index in [-0.39, 0.29) is 12.5 Å². The van der Waals surface area contributed by atoms with Gasteiger partial charge in [-0.15, -0.1) is 0 Å². The Hall–Kier alpha value is -2.99. The Morgan fingerprint density at radius 1 is 0.744 bits per heavy atom. The first-order valence-electron chi connectivity index (χ1n) is 16.3. The molecule has 250 valence electrons. The fourth-order valence-corrected chi connectivity index (χ4v) is 2.88. The molecule has 0 aromatic carbocycles. The lowest BCUT2D eigenvalue weighted by molar-refractivity contribution is -0.156. The Labute approximate surface area is 266 Å². The minimum Gasteiger partial charge on any atom is -0.480 e. The SMILES string of the molecule is C/C=C/C(=O)OC(=O)CCC/C=C\C/C=C\C/C=C\C/C=C\C/C=C\CC.CC.CC.CC.CN[C@@H](CC(C)C)C(=O)O. The van der Waals surface area contributed by atoms with Crippen LogP contribution in [-0.4, -0.2) is 36.1 Å². The van der Waals surface area contributed by atoms with E-state index in [1.54, 1.807) is 20.0 Å². The molecule has 0 unspecified atom stereocenters. The molecule has 0 bridgehead atoms. The van der Waals surface area contributed by atoms with Gasteiger partial charge < -0.3 is 15.2 Å². The van der Waals surface area contributed by atoms with Crippen LogP contribution in [0.1, 0.15) is 127 Å². The number of carboxylic acid groups (broad SMARTS) is 1. The third-order valence-electron chi connectivity index (χ3n) is 4.78. The van der Waals surface area contributed by atoms with Crippen molar-refractivity contribution < 1.29 is 24.2 Å². The molecule has 0 aromatic rings. The number of ether oxygens (including phenoxy) is 1. The quantitative estimate of drug-likeness (QED) is 0.0531. The fourth-order valence-electron chi connectivity index (χ4n) is 2.88. The zero-order chi connectivity index (χ0) is 34.2. The zero-order valence-corrected chi connectivity index (χ0v) is 29.5. The lowest BCUT2D eigenvalue weighted by Crippen LogP contribution is -2.34. The summed E-state index contributed by atoms with van der Waals surface area (Å²) < 4.78 is 4.61. The molecule has 0 heterocycles. The Bertz CT molecular complexity index is 774. The van der Waals surface area contributed by atoms with Crippen LogP contribution in [-0.2, 0) is 19.1 Å². The molecule has 2 N–H and O–H groups in total. The summed E-state index contributed by atoms with van der Waals surface area (Å²) >= 11 is 0. The first-order chi connectivity index (χ1) is 20.8. The van der Waals surface area contributed by atoms with Crippen LogP contribution >= 0.6 is 0 Å². The van der Waals surface area contributed by atoms with E-state index in [0.717, 1.165) is 38.5 Å². The van der Waals surface area contributed by atoms with E-state index < -0.39 is 17.9 Å². The molecule has 6 nitrogen and oxygen atoms in total. The molecule has 0 aromatic heterocycles. The average molecular weight is 606 g/mol. The lowest BCUT2D eigenvalue weighted by atomic mass is 10.0. The molecule has 0 amide bonds. The Balaban J connectivity index is -0.000000250. The molecule has 0 aliphatic carbocycles. The van der Waals surface area contributed by atoms with Gasteiger partial charge in [0.2, 0.25) is 0 Å². The van der Waals surface area contributed by atoms with Gasteiger partial charge in [-0.05, 0) is 71.3 Å². The number of carbonyl (C=O) groups excluding carboxylic acids is 2. The normalized spacial score (nSPS) is 11.5. The van der Waals surface area contributed by atoms with Crippen molar-refractivity contribution >= 4 is 17.9 Å². The maximum atomic E-state index is 11.4. The summed E-state index contributed by atoms with van der Waals surface area (Å²) in [6.45, 7) is 19.9. The number of esters is 2. The van der Waals surface area contributed by atoms with Crippen molar-refractivity contribution in [1.82, 2.24) is 5.32 Å². The van der Waals surface area contributed by atoms with E-state index in [0.29, 0.717) is 18.8 Å². The highest BCUT2D eigenvalue weighted by Crippen LogP contribution is 2.04. The van der Waals surface area contributed by atoms with Crippen LogP contribution in [0.25, 0.3) is 0 Å². The van der Waals surface area contributed by atoms with Crippen LogP contribution in [0, 0.1) is 5.92 Å². The number of carbonyl (C=O) groups is 3. The van der Waals surface area contributed by atoms with Crippen LogP contribution < -0.4 is 5.32 Å². The molecule has 0 rings (SSSR count). The number of aliphatic carboxylic acids is 1. The number of hydrogen-bond donors (Lipinski definition) is 2. The van der Waals surface area contributed by atoms with Crippen molar-refractivity contribution in [2.24, 2.45) is 5.92 Å². The highest BCUT2D eigenvalue weighted by molar-refractivity contribution is 5.91. The molecule has 6 heteroatoms. The maximum absolute atomic E-state index is 11.4. The van der Waals surface area contributed by atoms with Gasteiger partial charge in [-0.1, -0.05) is 129 Å². The summed E-state index contributed by atoms with van der Waals surface area (Å²) in [4.78, 5) is 32.8. The minimum atomic E-state index is -0.767. The predicted octanol–water partition coefficient (Wildman–Crippen LogP) is 10.3. The molecule has 0 radical (unpaired) electrons. The monoisotopic (exact) mass is 606 g/mol. The Morgan fingerprint density at radius 3 is 1.49 bits per heavy atom. The molecular formula is C37H67NO5. The number of allylic oxidation sites excluding steroid dienone is 11. The van der Waals surface area contributed by atoms with E-state index in [2.05, 4.69) is 77.7 Å². The van der Waals surface area contributed by atoms with Crippen LogP contribution in [0.5, 0.6) is 0 Å². The van der Waals surface area contributed by atoms with E-state index in [1.807, 2.05) is 55.4 Å². The summed E-state index contributed by atoms with van der Waals surface area (Å²) in [6, 6.07) is -0.389. The van der Waals surface area contributed by atoms with E-state index in [1.165, 1.54) is 6.08 Å². The largest absolute Gasteiger partial charge is 0.480 e. The van der Waals surface area contributed by atoms with Gasteiger partial charge in [0.25, 0.3) is 0 Å². The summed E-state index contributed by atoms with van der Waals surface area (Å²) in [6.07, 6.45) is 31.7. The number of likely N-dealkylation sites (N-methyl/N-ethyl adjacent to an activating group) is 1. The zero-order valence-electron chi connectivity index (χ0n) is 29.5. The number of hydrogen-bond acceptors (Lipinski definition) is 5. The van der Waals surface area contributed by atoms with Crippen molar-refractivity contribution in [2.75, 3.05) is 7.05 Å². The van der Waals surface area contributed by atoms with Gasteiger partial charge in [0.15, 0.2) is 0 Å². The summed E-state index contributed by atoms with van der Waals surface area (Å²) in [5.74, 6) is -1.41. The second kappa shape index (κ2) is 46.0. The molecule has 0 fully saturated rings. The van der Waals surface area contributed by atoms with Gasteiger partial charge in [-0.2, -0.15) is 0 Å². The van der Waals surface area contributed by atoms with E-state index >= 15 is 0 Å². The van der Waals surface area contributed by atoms with Crippen molar-refractivity contribution in [3.63, 3.8) is 0 Å². The minimum absolute atomic E-state index is 0.262. The fraction of sp³-hybridized carbons (Fsp3) is 0.595. The van der Waals surface area contributed by atoms with Gasteiger partial charge in [0.1, 0.15) is 6.04 Å². The van der Waals surface area contributed by atoms with Crippen LogP contribution in [0.15, 0.2) is 72.9 Å². The van der Waals surface area contributed by atoms with Crippen molar-refractivity contribution in [3.05, 3.63) is 72.9 Å². The van der Waals surface area contributed by atoms with Gasteiger partial charge >= 0.3 is 17.9 Å². The molecule has 0 aliphatic heterocycles. The van der Waals surface area contributed by atoms with E-state index in [4.69, 9.17) is 5.11 Å². The van der Waals surface area contributed by atoms with E-state index in [9.17, 15) is 14.4 Å². The van der Waals surface area contributed by atoms with Crippen LogP contribution in [0.4, 0.5) is 0 Å². The topological polar surface area (TPSA) is 92.7 Å². The number of carboxylic acids is 1. The van der Waals surface area contributed by atoms with Crippen LogP contribution in [0.2, 0.25) is 0 Å². The van der Waals surface area contributed by atoms with Gasteiger partial charge in [0, 0.05) is 12.5 Å². The van der Waals surface area contributed by atoms with Crippen molar-refractivity contribution in [2.45, 2.75) is 133 Å². The van der Waals surface area contributed by atoms with Crippen LogP contribution in [0.3, 0.4) is 0 Å². The average Bonchev–Trinajstić information content (AvgIpc) is 3.00. The van der Waals surface area contributed by atoms with Crippen molar-refractivity contribution in [3.8, 4) is 0 Å². The van der Waals surface area contributed by atoms with Gasteiger partial charge in [-0.25, -0.2) is 4.79 Å². The highest BCUT2D eigenvalue weighted by atomic mass is 16.6. The Kier molecular flexibility index (Phi) is 53.1. The third kappa shape index (κ3) is 49.0. The standard InChI is InChI=1S/C24H34O3.C7H15NO2.3C2H6/c1-3-5-6-7-8-9-10-11-12-13-14-15-16-17-18-19-20-22-24(26)27-23(25)21-4-2;1-5(2)4-6(8-3)7(9)10;3*1-2/h4-6,8-9,11-12,14-15,17-18,21H,3,7,10,13,16,19-20,22H2,1-2H3;5-6,8H,4H2,1-3H3,(H,9,10);3*1-2H3/b6-5-,9-8-,12-11-,15-14-,18-17-,21-4+;;;;/t;6-;;;/m.0.../s1. The summed E-state index contributed by atoms with van der Waals surface area (Å²) in [5.41, 5.74) is 0. The second-order valence-electron chi connectivity index (χ2n) is 8.70. The van der Waals surface area contributed by atoms with Crippen molar-refractivity contribution in [1.29, 1.82) is 0 Å². The molecule has 0 spiro atoms. The lowest BCUT2D eigenvalue weighted by Gasteiger charge is -2.12. The molecule has 0 aliphatic rings. The molecule has 0 saturated carbocycles. The number of nitrogens with one attached hydrogen (secondary N) is 1. The third-order valence-corrected chi connectivity index (χ3v) is 4.78. The first kappa shape index (κ1) is 49.7. The predicted molar refractivity (Wildman–Crippen MR) is 188 cm³/mol. The highest BCUT2D eigenvalue weighted by Gasteiger charge is 2.15. The second-order valence-corrected chi connectivity index (χ2v) is 8.70. The molecule has 1 atom stereocenters. The first-order valence-corrected chi connectivity index (χ1v) is 16.3.